The van der Waals surface area contributed by atoms with E-state index in [0.29, 0.717) is 23.3 Å². The first-order valence-electron chi connectivity index (χ1n) is 6.69. The van der Waals surface area contributed by atoms with Crippen molar-refractivity contribution in [1.29, 1.82) is 0 Å². The van der Waals surface area contributed by atoms with Gasteiger partial charge in [0.25, 0.3) is 5.91 Å². The molecule has 0 saturated heterocycles. The van der Waals surface area contributed by atoms with Crippen molar-refractivity contribution in [3.63, 3.8) is 0 Å². The maximum Gasteiger partial charge on any atom is 0.255 e. The predicted molar refractivity (Wildman–Crippen MR) is 85.3 cm³/mol. The second kappa shape index (κ2) is 7.22. The molecule has 1 aromatic carbocycles. The van der Waals surface area contributed by atoms with Crippen molar-refractivity contribution in [1.82, 2.24) is 9.88 Å². The number of carbonyl (C=O) groups excluding carboxylic acids is 1. The highest BCUT2D eigenvalue weighted by Gasteiger charge is 2.12. The minimum atomic E-state index is -0.0520. The number of aromatic nitrogens is 1. The van der Waals surface area contributed by atoms with Gasteiger partial charge in [-0.2, -0.15) is 0 Å². The maximum atomic E-state index is 12.3. The Labute approximate surface area is 132 Å². The molecule has 0 radical (unpaired) electrons. The smallest absolute Gasteiger partial charge is 0.255 e. The van der Waals surface area contributed by atoms with Gasteiger partial charge in [0.1, 0.15) is 10.4 Å². The molecule has 21 heavy (non-hydrogen) atoms. The summed E-state index contributed by atoms with van der Waals surface area (Å²) in [6, 6.07) is 11.3. The molecule has 0 fully saturated rings. The molecule has 4 nitrogen and oxygen atoms in total. The van der Waals surface area contributed by atoms with Crippen LogP contribution < -0.4 is 4.74 Å². The van der Waals surface area contributed by atoms with Crippen LogP contribution >= 0.6 is 15.9 Å². The Balaban J connectivity index is 2.01. The molecule has 0 spiro atoms. The zero-order valence-electron chi connectivity index (χ0n) is 12.0. The van der Waals surface area contributed by atoms with Crippen LogP contribution in [0.3, 0.4) is 0 Å². The Morgan fingerprint density at radius 1 is 1.24 bits per heavy atom. The van der Waals surface area contributed by atoms with Crippen LogP contribution in [-0.4, -0.2) is 29.4 Å². The Hall–Kier alpha value is -1.88. The lowest BCUT2D eigenvalue weighted by molar-refractivity contribution is 0.0784. The SMILES string of the molecule is CCOc1ccc(CN(C)C(=O)c2ccc(Br)nc2)cc1. The highest BCUT2D eigenvalue weighted by Crippen LogP contribution is 2.14. The summed E-state index contributed by atoms with van der Waals surface area (Å²) in [6.45, 7) is 3.14. The zero-order chi connectivity index (χ0) is 15.2. The summed E-state index contributed by atoms with van der Waals surface area (Å²) >= 11 is 3.26. The van der Waals surface area contributed by atoms with E-state index in [9.17, 15) is 4.79 Å². The monoisotopic (exact) mass is 348 g/mol. The van der Waals surface area contributed by atoms with Crippen molar-refractivity contribution in [2.45, 2.75) is 13.5 Å². The molecule has 0 aliphatic heterocycles. The Kier molecular flexibility index (Phi) is 5.33. The number of benzene rings is 1. The molecule has 1 heterocycles. The van der Waals surface area contributed by atoms with Crippen molar-refractivity contribution >= 4 is 21.8 Å². The first kappa shape index (κ1) is 15.5. The Morgan fingerprint density at radius 3 is 2.52 bits per heavy atom. The van der Waals surface area contributed by atoms with Gasteiger partial charge in [-0.3, -0.25) is 4.79 Å². The zero-order valence-corrected chi connectivity index (χ0v) is 13.6. The summed E-state index contributed by atoms with van der Waals surface area (Å²) in [7, 11) is 1.78. The van der Waals surface area contributed by atoms with E-state index in [4.69, 9.17) is 4.74 Å². The quantitative estimate of drug-likeness (QED) is 0.776. The molecular formula is C16H17BrN2O2. The van der Waals surface area contributed by atoms with E-state index in [1.54, 1.807) is 30.3 Å². The molecular weight excluding hydrogens is 332 g/mol. The van der Waals surface area contributed by atoms with Crippen LogP contribution in [0.15, 0.2) is 47.2 Å². The fourth-order valence-corrected chi connectivity index (χ4v) is 2.16. The molecule has 110 valence electrons. The number of hydrogen-bond acceptors (Lipinski definition) is 3. The number of amides is 1. The molecule has 0 aliphatic rings. The van der Waals surface area contributed by atoms with Crippen molar-refractivity contribution < 1.29 is 9.53 Å². The standard InChI is InChI=1S/C16H17BrN2O2/c1-3-21-14-7-4-12(5-8-14)11-19(2)16(20)13-6-9-15(17)18-10-13/h4-10H,3,11H2,1-2H3. The fourth-order valence-electron chi connectivity index (χ4n) is 1.93. The minimum absolute atomic E-state index is 0.0520. The van der Waals surface area contributed by atoms with Gasteiger partial charge in [0, 0.05) is 19.8 Å². The lowest BCUT2D eigenvalue weighted by Crippen LogP contribution is -2.26. The van der Waals surface area contributed by atoms with E-state index in [1.807, 2.05) is 31.2 Å². The topological polar surface area (TPSA) is 42.4 Å². The van der Waals surface area contributed by atoms with E-state index in [0.717, 1.165) is 11.3 Å². The second-order valence-electron chi connectivity index (χ2n) is 4.61. The molecule has 2 rings (SSSR count). The highest BCUT2D eigenvalue weighted by molar-refractivity contribution is 9.10. The first-order valence-corrected chi connectivity index (χ1v) is 7.48. The van der Waals surface area contributed by atoms with E-state index < -0.39 is 0 Å². The lowest BCUT2D eigenvalue weighted by atomic mass is 10.2. The van der Waals surface area contributed by atoms with E-state index >= 15 is 0 Å². The largest absolute Gasteiger partial charge is 0.494 e. The molecule has 5 heteroatoms. The third kappa shape index (κ3) is 4.29. The number of pyridine rings is 1. The van der Waals surface area contributed by atoms with Crippen LogP contribution in [0.5, 0.6) is 5.75 Å². The predicted octanol–water partition coefficient (Wildman–Crippen LogP) is 3.52. The van der Waals surface area contributed by atoms with Crippen LogP contribution in [0, 0.1) is 0 Å². The number of hydrogen-bond donors (Lipinski definition) is 0. The third-order valence-corrected chi connectivity index (χ3v) is 3.44. The van der Waals surface area contributed by atoms with E-state index in [2.05, 4.69) is 20.9 Å². The summed E-state index contributed by atoms with van der Waals surface area (Å²) in [5.41, 5.74) is 1.63. The maximum absolute atomic E-state index is 12.3. The van der Waals surface area contributed by atoms with Crippen LogP contribution in [0.2, 0.25) is 0 Å². The molecule has 1 aromatic heterocycles. The summed E-state index contributed by atoms with van der Waals surface area (Å²) in [6.07, 6.45) is 1.57. The van der Waals surface area contributed by atoms with Gasteiger partial charge < -0.3 is 9.64 Å². The lowest BCUT2D eigenvalue weighted by Gasteiger charge is -2.17. The normalized spacial score (nSPS) is 10.2. The van der Waals surface area contributed by atoms with E-state index in [-0.39, 0.29) is 5.91 Å². The molecule has 0 unspecified atom stereocenters. The van der Waals surface area contributed by atoms with Crippen molar-refractivity contribution in [3.8, 4) is 5.75 Å². The summed E-state index contributed by atoms with van der Waals surface area (Å²) in [5, 5.41) is 0. The average molecular weight is 349 g/mol. The molecule has 1 amide bonds. The van der Waals surface area contributed by atoms with Crippen molar-refractivity contribution in [3.05, 3.63) is 58.3 Å². The molecule has 0 atom stereocenters. The molecule has 0 saturated carbocycles. The van der Waals surface area contributed by atoms with Gasteiger partial charge in [0.2, 0.25) is 0 Å². The summed E-state index contributed by atoms with van der Waals surface area (Å²) in [5.74, 6) is 0.788. The number of ether oxygens (including phenoxy) is 1. The van der Waals surface area contributed by atoms with E-state index in [1.165, 1.54) is 0 Å². The third-order valence-electron chi connectivity index (χ3n) is 2.98. The Morgan fingerprint density at radius 2 is 1.95 bits per heavy atom. The number of rotatable bonds is 5. The average Bonchev–Trinajstić information content (AvgIpc) is 2.49. The number of nitrogens with zero attached hydrogens (tertiary/aromatic N) is 2. The van der Waals surface area contributed by atoms with Gasteiger partial charge in [-0.1, -0.05) is 12.1 Å². The van der Waals surface area contributed by atoms with Gasteiger partial charge in [0.05, 0.1) is 12.2 Å². The van der Waals surface area contributed by atoms with Crippen LogP contribution in [0.1, 0.15) is 22.8 Å². The molecule has 0 N–H and O–H groups in total. The second-order valence-corrected chi connectivity index (χ2v) is 5.42. The highest BCUT2D eigenvalue weighted by atomic mass is 79.9. The van der Waals surface area contributed by atoms with Gasteiger partial charge in [-0.25, -0.2) is 4.98 Å². The Bertz CT molecular complexity index is 597. The summed E-state index contributed by atoms with van der Waals surface area (Å²) < 4.78 is 6.12. The molecule has 2 aromatic rings. The molecule has 0 aliphatic carbocycles. The van der Waals surface area contributed by atoms with Gasteiger partial charge in [-0.15, -0.1) is 0 Å². The van der Waals surface area contributed by atoms with Crippen LogP contribution in [-0.2, 0) is 6.54 Å². The number of halogens is 1. The van der Waals surface area contributed by atoms with Gasteiger partial charge >= 0.3 is 0 Å². The minimum Gasteiger partial charge on any atom is -0.494 e. The van der Waals surface area contributed by atoms with Crippen molar-refractivity contribution in [2.24, 2.45) is 0 Å². The van der Waals surface area contributed by atoms with Gasteiger partial charge in [0.15, 0.2) is 0 Å². The molecule has 0 bridgehead atoms. The van der Waals surface area contributed by atoms with Crippen molar-refractivity contribution in [2.75, 3.05) is 13.7 Å². The van der Waals surface area contributed by atoms with Crippen LogP contribution in [0.4, 0.5) is 0 Å². The van der Waals surface area contributed by atoms with Gasteiger partial charge in [-0.05, 0) is 52.7 Å². The number of carbonyl (C=O) groups is 1. The fraction of sp³-hybridized carbons (Fsp3) is 0.250. The first-order chi connectivity index (χ1) is 10.1. The summed E-state index contributed by atoms with van der Waals surface area (Å²) in [4.78, 5) is 18.0. The van der Waals surface area contributed by atoms with Crippen LogP contribution in [0.25, 0.3) is 0 Å².